The minimum Gasteiger partial charge on any atom is -0.309 e. The van der Waals surface area contributed by atoms with E-state index < -0.39 is 0 Å². The Hall–Kier alpha value is 0.620. The molecule has 0 radical (unpaired) electrons. The van der Waals surface area contributed by atoms with Gasteiger partial charge in [0.25, 0.3) is 0 Å². The van der Waals surface area contributed by atoms with Crippen molar-refractivity contribution in [2.24, 2.45) is 0 Å². The van der Waals surface area contributed by atoms with E-state index in [0.29, 0.717) is 10.9 Å². The number of hydrogen-bond donors (Lipinski definition) is 1. The van der Waals surface area contributed by atoms with Crippen molar-refractivity contribution in [2.45, 2.75) is 37.7 Å². The van der Waals surface area contributed by atoms with Crippen LogP contribution in [0.1, 0.15) is 25.1 Å². The number of halogens is 2. The van der Waals surface area contributed by atoms with Gasteiger partial charge in [-0.25, -0.2) is 0 Å². The van der Waals surface area contributed by atoms with Crippen LogP contribution in [0.4, 0.5) is 0 Å². The fourth-order valence-corrected chi connectivity index (χ4v) is 3.29. The molecule has 0 saturated heterocycles. The molecule has 0 aromatic carbocycles. The minimum atomic E-state index is 0.554. The molecule has 0 aliphatic rings. The normalized spacial score (nSPS) is 15.4. The summed E-state index contributed by atoms with van der Waals surface area (Å²) in [6, 6.07) is 2.65. The van der Waals surface area contributed by atoms with Crippen molar-refractivity contribution in [3.63, 3.8) is 0 Å². The van der Waals surface area contributed by atoms with Crippen molar-refractivity contribution in [3.8, 4) is 0 Å². The predicted molar refractivity (Wildman–Crippen MR) is 71.3 cm³/mol. The maximum Gasteiger partial charge on any atom is 0.0327 e. The fourth-order valence-electron chi connectivity index (χ4n) is 1.29. The van der Waals surface area contributed by atoms with Crippen molar-refractivity contribution in [1.82, 2.24) is 5.32 Å². The lowest BCUT2D eigenvalue weighted by Crippen LogP contribution is -2.27. The van der Waals surface area contributed by atoms with Gasteiger partial charge >= 0.3 is 0 Å². The second-order valence-corrected chi connectivity index (χ2v) is 6.91. The Kier molecular flexibility index (Phi) is 5.67. The van der Waals surface area contributed by atoms with Gasteiger partial charge < -0.3 is 5.32 Å². The van der Waals surface area contributed by atoms with Gasteiger partial charge in [0.15, 0.2) is 0 Å². The van der Waals surface area contributed by atoms with Crippen LogP contribution < -0.4 is 5.32 Å². The molecule has 80 valence electrons. The molecule has 0 spiro atoms. The minimum absolute atomic E-state index is 0.554. The second-order valence-electron chi connectivity index (χ2n) is 3.49. The van der Waals surface area contributed by atoms with Crippen LogP contribution >= 0.6 is 43.2 Å². The first-order valence-electron chi connectivity index (χ1n) is 4.69. The van der Waals surface area contributed by atoms with E-state index in [9.17, 15) is 0 Å². The molecule has 0 bridgehead atoms. The van der Waals surface area contributed by atoms with Gasteiger partial charge in [-0.05, 0) is 40.7 Å². The summed E-state index contributed by atoms with van der Waals surface area (Å²) in [6.07, 6.45) is 1.16. The van der Waals surface area contributed by atoms with Crippen LogP contribution in [0.2, 0.25) is 0 Å². The van der Waals surface area contributed by atoms with Gasteiger partial charge in [0.2, 0.25) is 0 Å². The molecule has 2 atom stereocenters. The highest BCUT2D eigenvalue weighted by Crippen LogP contribution is 2.22. The summed E-state index contributed by atoms with van der Waals surface area (Å²) in [5.74, 6) is 0. The lowest BCUT2D eigenvalue weighted by atomic mass is 10.2. The Morgan fingerprint density at radius 1 is 1.50 bits per heavy atom. The summed E-state index contributed by atoms with van der Waals surface area (Å²) >= 11 is 8.88. The smallest absolute Gasteiger partial charge is 0.0327 e. The van der Waals surface area contributed by atoms with Crippen LogP contribution in [0.5, 0.6) is 0 Å². The summed E-state index contributed by atoms with van der Waals surface area (Å²) in [4.78, 5) is 1.95. The molecule has 14 heavy (non-hydrogen) atoms. The predicted octanol–water partition coefficient (Wildman–Crippen LogP) is 4.16. The summed E-state index contributed by atoms with van der Waals surface area (Å²) < 4.78 is 1.22. The van der Waals surface area contributed by atoms with Gasteiger partial charge in [0.1, 0.15) is 0 Å². The average molecular weight is 341 g/mol. The SMILES string of the molecule is CC(Br)CC(C)NCc1sccc1Br. The van der Waals surface area contributed by atoms with Crippen LogP contribution in [0.3, 0.4) is 0 Å². The van der Waals surface area contributed by atoms with Crippen LogP contribution in [-0.4, -0.2) is 10.9 Å². The Bertz CT molecular complexity index is 273. The number of hydrogen-bond acceptors (Lipinski definition) is 2. The lowest BCUT2D eigenvalue weighted by molar-refractivity contribution is 0.518. The van der Waals surface area contributed by atoms with Gasteiger partial charge in [-0.3, -0.25) is 0 Å². The Morgan fingerprint density at radius 3 is 2.71 bits per heavy atom. The van der Waals surface area contributed by atoms with Gasteiger partial charge in [0, 0.05) is 26.8 Å². The second kappa shape index (κ2) is 6.26. The standard InChI is InChI=1S/C10H15Br2NS/c1-7(11)5-8(2)13-6-10-9(12)3-4-14-10/h3-4,7-8,13H,5-6H2,1-2H3. The molecule has 1 heterocycles. The lowest BCUT2D eigenvalue weighted by Gasteiger charge is -2.14. The molecule has 0 saturated carbocycles. The molecular weight excluding hydrogens is 326 g/mol. The molecule has 4 heteroatoms. The van der Waals surface area contributed by atoms with Crippen LogP contribution in [0.15, 0.2) is 15.9 Å². The first-order valence-corrected chi connectivity index (χ1v) is 7.27. The molecule has 1 rings (SSSR count). The van der Waals surface area contributed by atoms with E-state index in [1.165, 1.54) is 9.35 Å². The van der Waals surface area contributed by atoms with Crippen molar-refractivity contribution >= 4 is 43.2 Å². The zero-order valence-electron chi connectivity index (χ0n) is 8.39. The number of nitrogens with one attached hydrogen (secondary N) is 1. The highest BCUT2D eigenvalue weighted by Gasteiger charge is 2.07. The van der Waals surface area contributed by atoms with Crippen LogP contribution in [0, 0.1) is 0 Å². The van der Waals surface area contributed by atoms with Gasteiger partial charge in [0.05, 0.1) is 0 Å². The Morgan fingerprint density at radius 2 is 2.21 bits per heavy atom. The third-order valence-electron chi connectivity index (χ3n) is 1.98. The summed E-state index contributed by atoms with van der Waals surface area (Å²) in [7, 11) is 0. The molecule has 0 aliphatic heterocycles. The van der Waals surface area contributed by atoms with E-state index in [2.05, 4.69) is 62.5 Å². The first-order chi connectivity index (χ1) is 6.59. The molecule has 0 amide bonds. The topological polar surface area (TPSA) is 12.0 Å². The van der Waals surface area contributed by atoms with E-state index in [0.717, 1.165) is 13.0 Å². The van der Waals surface area contributed by atoms with E-state index in [4.69, 9.17) is 0 Å². The highest BCUT2D eigenvalue weighted by atomic mass is 79.9. The van der Waals surface area contributed by atoms with Crippen molar-refractivity contribution < 1.29 is 0 Å². The monoisotopic (exact) mass is 339 g/mol. The zero-order chi connectivity index (χ0) is 10.6. The number of alkyl halides is 1. The molecule has 1 aromatic heterocycles. The molecule has 2 unspecified atom stereocenters. The van der Waals surface area contributed by atoms with E-state index in [1.807, 2.05) is 0 Å². The average Bonchev–Trinajstić information content (AvgIpc) is 2.46. The van der Waals surface area contributed by atoms with Gasteiger partial charge in [-0.1, -0.05) is 22.9 Å². The Balaban J connectivity index is 2.30. The summed E-state index contributed by atoms with van der Waals surface area (Å²) in [5, 5.41) is 5.62. The zero-order valence-corrected chi connectivity index (χ0v) is 12.4. The fraction of sp³-hybridized carbons (Fsp3) is 0.600. The van der Waals surface area contributed by atoms with Crippen LogP contribution in [0.25, 0.3) is 0 Å². The maximum absolute atomic E-state index is 3.56. The van der Waals surface area contributed by atoms with Gasteiger partial charge in [-0.2, -0.15) is 0 Å². The third kappa shape index (κ3) is 4.43. The van der Waals surface area contributed by atoms with E-state index in [1.54, 1.807) is 11.3 Å². The van der Waals surface area contributed by atoms with Crippen molar-refractivity contribution in [3.05, 3.63) is 20.8 Å². The Labute approximate surface area is 107 Å². The molecule has 0 aliphatic carbocycles. The number of rotatable bonds is 5. The molecular formula is C10H15Br2NS. The maximum atomic E-state index is 3.56. The van der Waals surface area contributed by atoms with Crippen molar-refractivity contribution in [2.75, 3.05) is 0 Å². The van der Waals surface area contributed by atoms with Gasteiger partial charge in [-0.15, -0.1) is 11.3 Å². The van der Waals surface area contributed by atoms with E-state index >= 15 is 0 Å². The quantitative estimate of drug-likeness (QED) is 0.793. The summed E-state index contributed by atoms with van der Waals surface area (Å²) in [6.45, 7) is 5.36. The largest absolute Gasteiger partial charge is 0.309 e. The summed E-state index contributed by atoms with van der Waals surface area (Å²) in [5.41, 5.74) is 0. The number of thiophene rings is 1. The molecule has 1 aromatic rings. The molecule has 1 N–H and O–H groups in total. The van der Waals surface area contributed by atoms with Crippen LogP contribution in [-0.2, 0) is 6.54 Å². The highest BCUT2D eigenvalue weighted by molar-refractivity contribution is 9.10. The van der Waals surface area contributed by atoms with E-state index in [-0.39, 0.29) is 0 Å². The van der Waals surface area contributed by atoms with Crippen molar-refractivity contribution in [1.29, 1.82) is 0 Å². The molecule has 0 fully saturated rings. The molecule has 1 nitrogen and oxygen atoms in total. The third-order valence-corrected chi connectivity index (χ3v) is 4.28. The first kappa shape index (κ1) is 12.7.